The third-order valence-corrected chi connectivity index (χ3v) is 4.29. The minimum atomic E-state index is 0.998. The van der Waals surface area contributed by atoms with Crippen LogP contribution in [0, 0.1) is 0 Å². The summed E-state index contributed by atoms with van der Waals surface area (Å²) >= 11 is 0. The van der Waals surface area contributed by atoms with Gasteiger partial charge in [0, 0.05) is 54.4 Å². The van der Waals surface area contributed by atoms with Crippen molar-refractivity contribution < 1.29 is 0 Å². The molecule has 4 nitrogen and oxygen atoms in total. The van der Waals surface area contributed by atoms with Crippen LogP contribution in [0.2, 0.25) is 0 Å². The molecule has 1 aromatic carbocycles. The van der Waals surface area contributed by atoms with Crippen molar-refractivity contribution in [1.82, 2.24) is 15.2 Å². The Bertz CT molecular complexity index is 749. The summed E-state index contributed by atoms with van der Waals surface area (Å²) in [6.07, 6.45) is 5.72. The fraction of sp³-hybridized carbons (Fsp3) is 0.222. The number of H-pyrrole nitrogens is 1. The van der Waals surface area contributed by atoms with Gasteiger partial charge < -0.3 is 4.90 Å². The predicted octanol–water partition coefficient (Wildman–Crippen LogP) is 3.08. The van der Waals surface area contributed by atoms with Crippen molar-refractivity contribution in [3.05, 3.63) is 66.1 Å². The Hall–Kier alpha value is -2.62. The van der Waals surface area contributed by atoms with Crippen molar-refractivity contribution in [2.45, 2.75) is 12.8 Å². The number of rotatable bonds is 2. The first-order valence-electron chi connectivity index (χ1n) is 7.68. The van der Waals surface area contributed by atoms with E-state index in [2.05, 4.69) is 56.5 Å². The lowest BCUT2D eigenvalue weighted by molar-refractivity contribution is 0.792. The molecule has 0 unspecified atom stereocenters. The molecule has 0 bridgehead atoms. The van der Waals surface area contributed by atoms with Gasteiger partial charge in [-0.1, -0.05) is 30.3 Å². The highest BCUT2D eigenvalue weighted by Crippen LogP contribution is 2.27. The molecule has 0 saturated heterocycles. The number of hydrogen-bond donors (Lipinski definition) is 1. The smallest absolute Gasteiger partial charge is 0.0956 e. The SMILES string of the molecule is c1ccc(-c2n[nH]c3c2CCN(c2ccncc2)CC3)cc1. The van der Waals surface area contributed by atoms with Gasteiger partial charge in [-0.05, 0) is 18.6 Å². The minimum absolute atomic E-state index is 0.998. The third-order valence-electron chi connectivity index (χ3n) is 4.29. The first kappa shape index (κ1) is 13.1. The normalized spacial score (nSPS) is 14.5. The van der Waals surface area contributed by atoms with E-state index in [9.17, 15) is 0 Å². The van der Waals surface area contributed by atoms with E-state index >= 15 is 0 Å². The second kappa shape index (κ2) is 5.64. The molecule has 0 aliphatic carbocycles. The molecule has 1 aliphatic heterocycles. The second-order valence-corrected chi connectivity index (χ2v) is 5.59. The van der Waals surface area contributed by atoms with Crippen LogP contribution < -0.4 is 4.90 Å². The number of pyridine rings is 1. The first-order chi connectivity index (χ1) is 10.9. The number of nitrogens with zero attached hydrogens (tertiary/aromatic N) is 3. The molecular formula is C18H18N4. The molecule has 1 aliphatic rings. The van der Waals surface area contributed by atoms with Gasteiger partial charge in [0.05, 0.1) is 5.69 Å². The van der Waals surface area contributed by atoms with E-state index in [1.165, 1.54) is 22.5 Å². The number of nitrogens with one attached hydrogen (secondary N) is 1. The van der Waals surface area contributed by atoms with Gasteiger partial charge in [-0.15, -0.1) is 0 Å². The van der Waals surface area contributed by atoms with Gasteiger partial charge in [-0.25, -0.2) is 0 Å². The van der Waals surface area contributed by atoms with Gasteiger partial charge in [-0.2, -0.15) is 5.10 Å². The highest BCUT2D eigenvalue weighted by Gasteiger charge is 2.20. The zero-order valence-corrected chi connectivity index (χ0v) is 12.4. The summed E-state index contributed by atoms with van der Waals surface area (Å²) in [4.78, 5) is 6.53. The van der Waals surface area contributed by atoms with Gasteiger partial charge in [0.25, 0.3) is 0 Å². The lowest BCUT2D eigenvalue weighted by atomic mass is 10.0. The van der Waals surface area contributed by atoms with Crippen LogP contribution >= 0.6 is 0 Å². The molecule has 3 aromatic rings. The molecule has 4 rings (SSSR count). The molecule has 3 heterocycles. The zero-order chi connectivity index (χ0) is 14.8. The van der Waals surface area contributed by atoms with E-state index in [0.29, 0.717) is 0 Å². The summed E-state index contributed by atoms with van der Waals surface area (Å²) in [7, 11) is 0. The van der Waals surface area contributed by atoms with Crippen LogP contribution in [0.15, 0.2) is 54.9 Å². The fourth-order valence-electron chi connectivity index (χ4n) is 3.13. The van der Waals surface area contributed by atoms with E-state index in [0.717, 1.165) is 31.6 Å². The van der Waals surface area contributed by atoms with Gasteiger partial charge in [0.2, 0.25) is 0 Å². The first-order valence-corrected chi connectivity index (χ1v) is 7.68. The molecule has 22 heavy (non-hydrogen) atoms. The Morgan fingerprint density at radius 2 is 1.68 bits per heavy atom. The van der Waals surface area contributed by atoms with Crippen LogP contribution in [0.3, 0.4) is 0 Å². The van der Waals surface area contributed by atoms with Crippen molar-refractivity contribution in [2.24, 2.45) is 0 Å². The molecule has 2 aromatic heterocycles. The summed E-state index contributed by atoms with van der Waals surface area (Å²) in [5.41, 5.74) is 6.18. The third kappa shape index (κ3) is 2.37. The number of benzene rings is 1. The molecule has 0 spiro atoms. The molecule has 0 saturated carbocycles. The fourth-order valence-corrected chi connectivity index (χ4v) is 3.13. The lowest BCUT2D eigenvalue weighted by Crippen LogP contribution is -2.26. The van der Waals surface area contributed by atoms with Crippen LogP contribution in [0.25, 0.3) is 11.3 Å². The van der Waals surface area contributed by atoms with Crippen molar-refractivity contribution in [2.75, 3.05) is 18.0 Å². The maximum Gasteiger partial charge on any atom is 0.0956 e. The second-order valence-electron chi connectivity index (χ2n) is 5.59. The Morgan fingerprint density at radius 1 is 0.909 bits per heavy atom. The Kier molecular flexibility index (Phi) is 3.35. The topological polar surface area (TPSA) is 44.8 Å². The van der Waals surface area contributed by atoms with E-state index in [1.807, 2.05) is 18.5 Å². The molecule has 0 fully saturated rings. The molecule has 0 atom stereocenters. The number of hydrogen-bond acceptors (Lipinski definition) is 3. The standard InChI is InChI=1S/C18H18N4/c1-2-4-14(5-3-1)18-16-8-12-22(13-9-17(16)20-21-18)15-6-10-19-11-7-15/h1-7,10-11H,8-9,12-13H2,(H,20,21). The number of fused-ring (bicyclic) bond motifs is 1. The number of anilines is 1. The van der Waals surface area contributed by atoms with E-state index in [1.54, 1.807) is 0 Å². The average molecular weight is 290 g/mol. The molecular weight excluding hydrogens is 272 g/mol. The van der Waals surface area contributed by atoms with Crippen molar-refractivity contribution in [1.29, 1.82) is 0 Å². The van der Waals surface area contributed by atoms with Crippen LogP contribution in [0.1, 0.15) is 11.3 Å². The summed E-state index contributed by atoms with van der Waals surface area (Å²) in [5.74, 6) is 0. The van der Waals surface area contributed by atoms with Crippen LogP contribution in [-0.2, 0) is 12.8 Å². The quantitative estimate of drug-likeness (QED) is 0.789. The summed E-state index contributed by atoms with van der Waals surface area (Å²) < 4.78 is 0. The molecule has 1 N–H and O–H groups in total. The Balaban J connectivity index is 1.62. The van der Waals surface area contributed by atoms with Gasteiger partial charge in [0.15, 0.2) is 0 Å². The monoisotopic (exact) mass is 290 g/mol. The Labute approximate surface area is 129 Å². The van der Waals surface area contributed by atoms with E-state index in [4.69, 9.17) is 0 Å². The van der Waals surface area contributed by atoms with Crippen molar-refractivity contribution >= 4 is 5.69 Å². The van der Waals surface area contributed by atoms with E-state index < -0.39 is 0 Å². The largest absolute Gasteiger partial charge is 0.371 e. The average Bonchev–Trinajstić information content (AvgIpc) is 2.88. The molecule has 4 heteroatoms. The Morgan fingerprint density at radius 3 is 2.50 bits per heavy atom. The highest BCUT2D eigenvalue weighted by molar-refractivity contribution is 5.64. The lowest BCUT2D eigenvalue weighted by Gasteiger charge is -2.22. The zero-order valence-electron chi connectivity index (χ0n) is 12.4. The number of aromatic amines is 1. The summed E-state index contributed by atoms with van der Waals surface area (Å²) in [6, 6.07) is 14.6. The van der Waals surface area contributed by atoms with Crippen LogP contribution in [0.4, 0.5) is 5.69 Å². The maximum absolute atomic E-state index is 4.55. The predicted molar refractivity (Wildman–Crippen MR) is 87.9 cm³/mol. The number of aromatic nitrogens is 3. The summed E-state index contributed by atoms with van der Waals surface area (Å²) in [6.45, 7) is 2.02. The van der Waals surface area contributed by atoms with Crippen molar-refractivity contribution in [3.63, 3.8) is 0 Å². The van der Waals surface area contributed by atoms with Gasteiger partial charge >= 0.3 is 0 Å². The molecule has 110 valence electrons. The van der Waals surface area contributed by atoms with Crippen LogP contribution in [-0.4, -0.2) is 28.3 Å². The van der Waals surface area contributed by atoms with Gasteiger partial charge in [0.1, 0.15) is 0 Å². The van der Waals surface area contributed by atoms with Crippen molar-refractivity contribution in [3.8, 4) is 11.3 Å². The summed E-state index contributed by atoms with van der Waals surface area (Å²) in [5, 5.41) is 7.80. The maximum atomic E-state index is 4.55. The van der Waals surface area contributed by atoms with E-state index in [-0.39, 0.29) is 0 Å². The molecule has 0 radical (unpaired) electrons. The van der Waals surface area contributed by atoms with Crippen LogP contribution in [0.5, 0.6) is 0 Å². The highest BCUT2D eigenvalue weighted by atomic mass is 15.2. The molecule has 0 amide bonds. The van der Waals surface area contributed by atoms with Gasteiger partial charge in [-0.3, -0.25) is 10.1 Å². The minimum Gasteiger partial charge on any atom is -0.371 e.